The highest BCUT2D eigenvalue weighted by Crippen LogP contribution is 2.23. The fourth-order valence-electron chi connectivity index (χ4n) is 1.85. The van der Waals surface area contributed by atoms with E-state index in [-0.39, 0.29) is 4.75 Å². The van der Waals surface area contributed by atoms with Gasteiger partial charge >= 0.3 is 0 Å². The van der Waals surface area contributed by atoms with Crippen LogP contribution in [-0.2, 0) is 11.0 Å². The molecule has 0 saturated carbocycles. The minimum absolute atomic E-state index is 0.338. The van der Waals surface area contributed by atoms with Crippen LogP contribution in [0, 0.1) is 6.92 Å². The zero-order chi connectivity index (χ0) is 15.5. The topological polar surface area (TPSA) is 42.3 Å². The Hall–Kier alpha value is -1.81. The summed E-state index contributed by atoms with van der Waals surface area (Å²) in [5.41, 5.74) is 4.34. The largest absolute Gasteiger partial charge is 0.264 e. The van der Waals surface area contributed by atoms with Crippen molar-refractivity contribution in [2.75, 3.05) is 0 Å². The van der Waals surface area contributed by atoms with E-state index in [0.29, 0.717) is 0 Å². The molecule has 1 aromatic heterocycles. The predicted molar refractivity (Wildman–Crippen MR) is 89.9 cm³/mol. The minimum atomic E-state index is -1.23. The lowest BCUT2D eigenvalue weighted by Crippen LogP contribution is -2.19. The molecule has 0 fully saturated rings. The van der Waals surface area contributed by atoms with E-state index in [1.165, 1.54) is 0 Å². The number of benzene rings is 1. The molecule has 0 radical (unpaired) electrons. The van der Waals surface area contributed by atoms with Crippen molar-refractivity contribution in [2.24, 2.45) is 4.40 Å². The third-order valence-electron chi connectivity index (χ3n) is 3.04. The lowest BCUT2D eigenvalue weighted by Gasteiger charge is -2.12. The van der Waals surface area contributed by atoms with Crippen LogP contribution in [0.25, 0.3) is 11.1 Å². The average molecular weight is 300 g/mol. The molecule has 0 aliphatic rings. The first kappa shape index (κ1) is 15.6. The molecule has 0 aliphatic carbocycles. The number of hydrogen-bond acceptors (Lipinski definition) is 2. The van der Waals surface area contributed by atoms with Gasteiger partial charge in [0.05, 0.1) is 4.75 Å². The van der Waals surface area contributed by atoms with Gasteiger partial charge < -0.3 is 0 Å². The third kappa shape index (κ3) is 4.08. The Labute approximate surface area is 128 Å². The first-order valence-corrected chi connectivity index (χ1v) is 7.96. The standard InChI is InChI=1S/C17H20N2OS/c1-13-11-18-9-8-16(13)15-7-5-6-14(10-15)12-19-21(20)17(2,3)4/h5-12H,1-4H3. The van der Waals surface area contributed by atoms with Crippen molar-refractivity contribution >= 4 is 17.2 Å². The highest BCUT2D eigenvalue weighted by molar-refractivity contribution is 7.85. The molecule has 2 aromatic rings. The molecule has 0 N–H and O–H groups in total. The monoisotopic (exact) mass is 300 g/mol. The maximum atomic E-state index is 12.0. The van der Waals surface area contributed by atoms with Gasteiger partial charge in [-0.05, 0) is 62.1 Å². The van der Waals surface area contributed by atoms with Gasteiger partial charge in [-0.25, -0.2) is 4.21 Å². The van der Waals surface area contributed by atoms with Crippen LogP contribution in [0.5, 0.6) is 0 Å². The van der Waals surface area contributed by atoms with Crippen molar-refractivity contribution in [3.8, 4) is 11.1 Å². The summed E-state index contributed by atoms with van der Waals surface area (Å²) in [5.74, 6) is 0. The number of rotatable bonds is 3. The Morgan fingerprint density at radius 2 is 2.00 bits per heavy atom. The zero-order valence-corrected chi connectivity index (χ0v) is 13.6. The number of nitrogens with zero attached hydrogens (tertiary/aromatic N) is 2. The van der Waals surface area contributed by atoms with Gasteiger partial charge in [0.15, 0.2) is 0 Å². The van der Waals surface area contributed by atoms with Crippen molar-refractivity contribution in [3.63, 3.8) is 0 Å². The van der Waals surface area contributed by atoms with Crippen molar-refractivity contribution in [3.05, 3.63) is 53.9 Å². The van der Waals surface area contributed by atoms with Crippen LogP contribution in [0.2, 0.25) is 0 Å². The second-order valence-electron chi connectivity index (χ2n) is 5.91. The van der Waals surface area contributed by atoms with E-state index in [4.69, 9.17) is 0 Å². The highest BCUT2D eigenvalue weighted by Gasteiger charge is 2.18. The van der Waals surface area contributed by atoms with Crippen molar-refractivity contribution in [2.45, 2.75) is 32.4 Å². The summed E-state index contributed by atoms with van der Waals surface area (Å²) in [6.45, 7) is 7.78. The van der Waals surface area contributed by atoms with Crippen LogP contribution < -0.4 is 0 Å². The van der Waals surface area contributed by atoms with Gasteiger partial charge in [0.1, 0.15) is 11.0 Å². The van der Waals surface area contributed by atoms with Crippen LogP contribution in [0.3, 0.4) is 0 Å². The van der Waals surface area contributed by atoms with Gasteiger partial charge in [0, 0.05) is 18.6 Å². The predicted octanol–water partition coefficient (Wildman–Crippen LogP) is 3.94. The smallest absolute Gasteiger partial charge is 0.144 e. The normalized spacial score (nSPS) is 13.5. The van der Waals surface area contributed by atoms with Gasteiger partial charge in [-0.2, -0.15) is 4.40 Å². The summed E-state index contributed by atoms with van der Waals surface area (Å²) in [4.78, 5) is 4.11. The Morgan fingerprint density at radius 3 is 2.67 bits per heavy atom. The molecule has 0 bridgehead atoms. The fraction of sp³-hybridized carbons (Fsp3) is 0.294. The average Bonchev–Trinajstić information content (AvgIpc) is 2.44. The molecule has 1 atom stereocenters. The number of pyridine rings is 1. The molecular weight excluding hydrogens is 280 g/mol. The van der Waals surface area contributed by atoms with Crippen LogP contribution in [0.15, 0.2) is 47.1 Å². The SMILES string of the molecule is Cc1cnccc1-c1cccc(C=NS(=O)C(C)(C)C)c1. The summed E-state index contributed by atoms with van der Waals surface area (Å²) in [6.07, 6.45) is 5.32. The first-order chi connectivity index (χ1) is 9.88. The van der Waals surface area contributed by atoms with Gasteiger partial charge in [-0.3, -0.25) is 4.98 Å². The molecule has 110 valence electrons. The second-order valence-corrected chi connectivity index (χ2v) is 7.85. The van der Waals surface area contributed by atoms with Gasteiger partial charge in [-0.15, -0.1) is 0 Å². The molecule has 1 unspecified atom stereocenters. The summed E-state index contributed by atoms with van der Waals surface area (Å²) in [6, 6.07) is 10.0. The fourth-order valence-corrected chi connectivity index (χ4v) is 2.38. The van der Waals surface area contributed by atoms with Gasteiger partial charge in [-0.1, -0.05) is 18.2 Å². The van der Waals surface area contributed by atoms with Crippen molar-refractivity contribution in [1.29, 1.82) is 0 Å². The number of hydrogen-bond donors (Lipinski definition) is 0. The number of aryl methyl sites for hydroxylation is 1. The molecule has 2 rings (SSSR count). The van der Waals surface area contributed by atoms with Crippen LogP contribution in [0.1, 0.15) is 31.9 Å². The van der Waals surface area contributed by atoms with E-state index in [1.807, 2.05) is 58.2 Å². The number of aromatic nitrogens is 1. The molecule has 0 amide bonds. The Morgan fingerprint density at radius 1 is 1.24 bits per heavy atom. The summed E-state index contributed by atoms with van der Waals surface area (Å²) >= 11 is 0. The lowest BCUT2D eigenvalue weighted by atomic mass is 10.0. The Balaban J connectivity index is 2.29. The summed E-state index contributed by atoms with van der Waals surface area (Å²) in [7, 11) is -1.23. The van der Waals surface area contributed by atoms with Crippen LogP contribution in [-0.4, -0.2) is 20.2 Å². The molecular formula is C17H20N2OS. The van der Waals surface area contributed by atoms with E-state index < -0.39 is 11.0 Å². The Kier molecular flexibility index (Phi) is 4.68. The van der Waals surface area contributed by atoms with E-state index in [0.717, 1.165) is 22.3 Å². The molecule has 21 heavy (non-hydrogen) atoms. The quantitative estimate of drug-likeness (QED) is 0.806. The second kappa shape index (κ2) is 6.31. The minimum Gasteiger partial charge on any atom is -0.264 e. The zero-order valence-electron chi connectivity index (χ0n) is 12.8. The molecule has 0 saturated heterocycles. The molecule has 0 aliphatic heterocycles. The maximum Gasteiger partial charge on any atom is 0.144 e. The molecule has 3 nitrogen and oxygen atoms in total. The lowest BCUT2D eigenvalue weighted by molar-refractivity contribution is 0.651. The molecule has 1 heterocycles. The van der Waals surface area contributed by atoms with Crippen LogP contribution in [0.4, 0.5) is 0 Å². The summed E-state index contributed by atoms with van der Waals surface area (Å²) < 4.78 is 15.8. The van der Waals surface area contributed by atoms with Crippen molar-refractivity contribution < 1.29 is 4.21 Å². The highest BCUT2D eigenvalue weighted by atomic mass is 32.2. The Bertz CT molecular complexity index is 687. The molecule has 0 spiro atoms. The van der Waals surface area contributed by atoms with Crippen LogP contribution >= 0.6 is 0 Å². The van der Waals surface area contributed by atoms with Crippen molar-refractivity contribution in [1.82, 2.24) is 4.98 Å². The first-order valence-electron chi connectivity index (χ1n) is 6.85. The van der Waals surface area contributed by atoms with E-state index in [1.54, 1.807) is 12.4 Å². The van der Waals surface area contributed by atoms with Gasteiger partial charge in [0.2, 0.25) is 0 Å². The molecule has 1 aromatic carbocycles. The molecule has 4 heteroatoms. The van der Waals surface area contributed by atoms with E-state index in [9.17, 15) is 4.21 Å². The van der Waals surface area contributed by atoms with Gasteiger partial charge in [0.25, 0.3) is 0 Å². The van der Waals surface area contributed by atoms with E-state index >= 15 is 0 Å². The summed E-state index contributed by atoms with van der Waals surface area (Å²) in [5, 5.41) is 0. The van der Waals surface area contributed by atoms with E-state index in [2.05, 4.69) is 15.4 Å². The third-order valence-corrected chi connectivity index (χ3v) is 4.38. The maximum absolute atomic E-state index is 12.0.